The van der Waals surface area contributed by atoms with Crippen molar-refractivity contribution in [3.8, 4) is 0 Å². The predicted molar refractivity (Wildman–Crippen MR) is 89.1 cm³/mol. The molecule has 1 saturated heterocycles. The van der Waals surface area contributed by atoms with Crippen molar-refractivity contribution >= 4 is 6.09 Å². The van der Waals surface area contributed by atoms with E-state index in [0.717, 1.165) is 38.5 Å². The summed E-state index contributed by atoms with van der Waals surface area (Å²) in [5.41, 5.74) is 4.06. The summed E-state index contributed by atoms with van der Waals surface area (Å²) in [6.45, 7) is 1.03. The summed E-state index contributed by atoms with van der Waals surface area (Å²) in [7, 11) is 0. The van der Waals surface area contributed by atoms with Crippen molar-refractivity contribution in [3.05, 3.63) is 34.9 Å². The third kappa shape index (κ3) is 3.03. The van der Waals surface area contributed by atoms with Crippen LogP contribution in [0.1, 0.15) is 48.3 Å². The molecule has 2 aliphatic carbocycles. The van der Waals surface area contributed by atoms with Crippen LogP contribution < -0.4 is 5.32 Å². The summed E-state index contributed by atoms with van der Waals surface area (Å²) in [4.78, 5) is 11.4. The van der Waals surface area contributed by atoms with Gasteiger partial charge < -0.3 is 19.9 Å². The van der Waals surface area contributed by atoms with Gasteiger partial charge in [-0.2, -0.15) is 0 Å². The zero-order valence-electron chi connectivity index (χ0n) is 13.9. The number of aliphatic hydroxyl groups excluding tert-OH is 1. The third-order valence-electron chi connectivity index (χ3n) is 5.79. The van der Waals surface area contributed by atoms with E-state index in [9.17, 15) is 4.79 Å². The second-order valence-electron chi connectivity index (χ2n) is 7.41. The molecule has 3 atom stereocenters. The van der Waals surface area contributed by atoms with Crippen LogP contribution in [0.4, 0.5) is 4.79 Å². The minimum Gasteiger partial charge on any atom is -0.447 e. The molecule has 0 bridgehead atoms. The summed E-state index contributed by atoms with van der Waals surface area (Å²) < 4.78 is 10.8. The molecule has 1 aromatic rings. The molecular weight excluding hydrogens is 306 g/mol. The normalized spacial score (nSPS) is 31.8. The first-order valence-electron chi connectivity index (χ1n) is 8.96. The first-order chi connectivity index (χ1) is 11.7. The van der Waals surface area contributed by atoms with Crippen molar-refractivity contribution < 1.29 is 19.4 Å². The molecule has 4 rings (SSSR count). The van der Waals surface area contributed by atoms with Crippen LogP contribution in [0.2, 0.25) is 0 Å². The number of fused-ring (bicyclic) bond motifs is 1. The Labute approximate surface area is 142 Å². The van der Waals surface area contributed by atoms with Gasteiger partial charge in [0.25, 0.3) is 0 Å². The van der Waals surface area contributed by atoms with Crippen molar-refractivity contribution in [3.63, 3.8) is 0 Å². The molecule has 1 spiro atoms. The summed E-state index contributed by atoms with van der Waals surface area (Å²) in [6, 6.07) is 6.85. The van der Waals surface area contributed by atoms with E-state index in [-0.39, 0.29) is 24.3 Å². The van der Waals surface area contributed by atoms with Crippen LogP contribution in [0.5, 0.6) is 0 Å². The largest absolute Gasteiger partial charge is 0.447 e. The molecule has 3 aliphatic rings. The zero-order valence-corrected chi connectivity index (χ0v) is 13.9. The van der Waals surface area contributed by atoms with Gasteiger partial charge in [-0.15, -0.1) is 0 Å². The average molecular weight is 331 g/mol. The fourth-order valence-corrected chi connectivity index (χ4v) is 4.50. The van der Waals surface area contributed by atoms with E-state index in [4.69, 9.17) is 14.6 Å². The first kappa shape index (κ1) is 15.9. The molecule has 130 valence electrons. The quantitative estimate of drug-likeness (QED) is 0.888. The number of hydrogen-bond donors (Lipinski definition) is 2. The van der Waals surface area contributed by atoms with E-state index in [1.54, 1.807) is 0 Å². The number of nitrogens with one attached hydrogen (secondary N) is 1. The highest BCUT2D eigenvalue weighted by molar-refractivity contribution is 5.70. The van der Waals surface area contributed by atoms with Crippen molar-refractivity contribution in [2.45, 2.75) is 56.1 Å². The van der Waals surface area contributed by atoms with Crippen LogP contribution in [0.15, 0.2) is 18.2 Å². The van der Waals surface area contributed by atoms with Gasteiger partial charge in [0, 0.05) is 0 Å². The minimum absolute atomic E-state index is 0.0893. The van der Waals surface area contributed by atoms with E-state index in [1.165, 1.54) is 16.7 Å². The van der Waals surface area contributed by atoms with Gasteiger partial charge in [0.1, 0.15) is 6.61 Å². The number of benzene rings is 1. The summed E-state index contributed by atoms with van der Waals surface area (Å²) >= 11 is 0. The van der Waals surface area contributed by atoms with Crippen molar-refractivity contribution in [2.24, 2.45) is 0 Å². The second kappa shape index (κ2) is 6.37. The van der Waals surface area contributed by atoms with Gasteiger partial charge in [-0.25, -0.2) is 4.79 Å². The maximum Gasteiger partial charge on any atom is 0.407 e. The summed E-state index contributed by atoms with van der Waals surface area (Å²) in [5.74, 6) is 0.501. The highest BCUT2D eigenvalue weighted by atomic mass is 16.6. The smallest absolute Gasteiger partial charge is 0.407 e. The Balaban J connectivity index is 1.44. The Kier molecular flexibility index (Phi) is 4.22. The molecule has 1 saturated carbocycles. The number of aliphatic hydroxyl groups is 1. The first-order valence-corrected chi connectivity index (χ1v) is 8.96. The Hall–Kier alpha value is -1.59. The fraction of sp³-hybridized carbons (Fsp3) is 0.632. The van der Waals surface area contributed by atoms with Gasteiger partial charge in [0.2, 0.25) is 0 Å². The van der Waals surface area contributed by atoms with E-state index in [1.807, 2.05) is 0 Å². The molecule has 1 aliphatic heterocycles. The minimum atomic E-state index is -0.269. The topological polar surface area (TPSA) is 67.8 Å². The van der Waals surface area contributed by atoms with Crippen molar-refractivity contribution in [2.75, 3.05) is 19.8 Å². The third-order valence-corrected chi connectivity index (χ3v) is 5.79. The molecule has 0 radical (unpaired) electrons. The number of aryl methyl sites for hydroxylation is 1. The molecule has 1 aromatic carbocycles. The molecule has 1 amide bonds. The number of alkyl carbamates (subject to hydrolysis) is 1. The van der Waals surface area contributed by atoms with Gasteiger partial charge in [0.05, 0.1) is 24.9 Å². The van der Waals surface area contributed by atoms with Crippen LogP contribution in [-0.4, -0.2) is 42.7 Å². The Morgan fingerprint density at radius 1 is 1.33 bits per heavy atom. The molecular formula is C19H25NO4. The SMILES string of the molecule is O=C1N[C@@]2(CC[C@H](c3ccc4c(c3)CC[C@H](OCCO)C4)C2)CO1. The highest BCUT2D eigenvalue weighted by Crippen LogP contribution is 2.43. The molecule has 0 aromatic heterocycles. The molecule has 5 nitrogen and oxygen atoms in total. The lowest BCUT2D eigenvalue weighted by Crippen LogP contribution is -2.40. The van der Waals surface area contributed by atoms with Gasteiger partial charge in [-0.05, 0) is 61.1 Å². The highest BCUT2D eigenvalue weighted by Gasteiger charge is 2.46. The number of hydrogen-bond acceptors (Lipinski definition) is 4. The van der Waals surface area contributed by atoms with Gasteiger partial charge in [0.15, 0.2) is 0 Å². The van der Waals surface area contributed by atoms with Crippen LogP contribution in [-0.2, 0) is 22.3 Å². The van der Waals surface area contributed by atoms with Crippen molar-refractivity contribution in [1.82, 2.24) is 5.32 Å². The monoisotopic (exact) mass is 331 g/mol. The predicted octanol–water partition coefficient (Wildman–Crippen LogP) is 2.30. The van der Waals surface area contributed by atoms with Crippen LogP contribution >= 0.6 is 0 Å². The van der Waals surface area contributed by atoms with Crippen LogP contribution in [0, 0.1) is 0 Å². The lowest BCUT2D eigenvalue weighted by molar-refractivity contribution is 0.0216. The number of amides is 1. The summed E-state index contributed by atoms with van der Waals surface area (Å²) in [6.07, 6.45) is 6.04. The summed E-state index contributed by atoms with van der Waals surface area (Å²) in [5, 5.41) is 11.9. The maximum atomic E-state index is 11.4. The molecule has 1 heterocycles. The zero-order chi connectivity index (χ0) is 16.6. The van der Waals surface area contributed by atoms with Crippen LogP contribution in [0.3, 0.4) is 0 Å². The van der Waals surface area contributed by atoms with E-state index >= 15 is 0 Å². The Bertz CT molecular complexity index is 632. The Morgan fingerprint density at radius 3 is 3.04 bits per heavy atom. The molecule has 0 unspecified atom stereocenters. The van der Waals surface area contributed by atoms with E-state index < -0.39 is 0 Å². The number of carbonyl (C=O) groups excluding carboxylic acids is 1. The van der Waals surface area contributed by atoms with Crippen LogP contribution in [0.25, 0.3) is 0 Å². The van der Waals surface area contributed by atoms with E-state index in [0.29, 0.717) is 19.1 Å². The molecule has 2 fully saturated rings. The average Bonchev–Trinajstić information content (AvgIpc) is 3.18. The van der Waals surface area contributed by atoms with Crippen molar-refractivity contribution in [1.29, 1.82) is 0 Å². The van der Waals surface area contributed by atoms with Gasteiger partial charge >= 0.3 is 6.09 Å². The molecule has 2 N–H and O–H groups in total. The fourth-order valence-electron chi connectivity index (χ4n) is 4.50. The maximum absolute atomic E-state index is 11.4. The number of ether oxygens (including phenoxy) is 2. The van der Waals surface area contributed by atoms with E-state index in [2.05, 4.69) is 23.5 Å². The lowest BCUT2D eigenvalue weighted by atomic mass is 9.85. The second-order valence-corrected chi connectivity index (χ2v) is 7.41. The van der Waals surface area contributed by atoms with Gasteiger partial charge in [-0.3, -0.25) is 0 Å². The number of cyclic esters (lactones) is 1. The Morgan fingerprint density at radius 2 is 2.25 bits per heavy atom. The lowest BCUT2D eigenvalue weighted by Gasteiger charge is -2.26. The molecule has 24 heavy (non-hydrogen) atoms. The standard InChI is InChI=1S/C19H25NO4/c21-7-8-23-17-4-3-13-9-14(1-2-15(13)10-17)16-5-6-19(11-16)12-24-18(22)20-19/h1-2,9,16-17,21H,3-8,10-12H2,(H,20,22)/t16-,17-,19+/m0/s1. The number of rotatable bonds is 4. The number of carbonyl (C=O) groups is 1. The molecule has 5 heteroatoms. The van der Waals surface area contributed by atoms with Gasteiger partial charge in [-0.1, -0.05) is 18.2 Å².